The number of nitrogens with zero attached hydrogens (tertiary/aromatic N) is 2. The number of hydrogen-bond acceptors (Lipinski definition) is 2. The van der Waals surface area contributed by atoms with E-state index in [0.717, 1.165) is 27.1 Å². The van der Waals surface area contributed by atoms with E-state index in [1.807, 2.05) is 31.3 Å². The summed E-state index contributed by atoms with van der Waals surface area (Å²) in [7, 11) is 2.02. The summed E-state index contributed by atoms with van der Waals surface area (Å²) >= 11 is 3.50. The van der Waals surface area contributed by atoms with E-state index in [0.29, 0.717) is 0 Å². The van der Waals surface area contributed by atoms with E-state index in [9.17, 15) is 0 Å². The van der Waals surface area contributed by atoms with E-state index >= 15 is 0 Å². The topological polar surface area (TPSA) is 29.9 Å². The van der Waals surface area contributed by atoms with Gasteiger partial charge in [-0.2, -0.15) is 0 Å². The lowest BCUT2D eigenvalue weighted by Crippen LogP contribution is -2.00. The van der Waals surface area contributed by atoms with Crippen molar-refractivity contribution < 1.29 is 0 Å². The number of nitrogens with one attached hydrogen (secondary N) is 1. The molecule has 3 aromatic rings. The summed E-state index contributed by atoms with van der Waals surface area (Å²) in [4.78, 5) is 4.61. The van der Waals surface area contributed by atoms with Gasteiger partial charge < -0.3 is 9.88 Å². The fourth-order valence-electron chi connectivity index (χ4n) is 2.11. The van der Waals surface area contributed by atoms with E-state index in [2.05, 4.69) is 55.9 Å². The first kappa shape index (κ1) is 12.2. The molecule has 1 N–H and O–H groups in total. The Labute approximate surface area is 120 Å². The van der Waals surface area contributed by atoms with Gasteiger partial charge in [-0.3, -0.25) is 0 Å². The standard InChI is InChI=1S/C15H14BrN3/c1-10-7-8-11(16)9-13(10)18-15-17-12-5-3-4-6-14(12)19(15)2/h3-9H,1-2H3,(H,17,18). The lowest BCUT2D eigenvalue weighted by Gasteiger charge is -2.09. The molecular weight excluding hydrogens is 302 g/mol. The van der Waals surface area contributed by atoms with Crippen molar-refractivity contribution in [2.75, 3.05) is 5.32 Å². The zero-order chi connectivity index (χ0) is 13.4. The Morgan fingerprint density at radius 1 is 1.16 bits per heavy atom. The summed E-state index contributed by atoms with van der Waals surface area (Å²) in [6.45, 7) is 2.08. The predicted octanol–water partition coefficient (Wildman–Crippen LogP) is 4.39. The van der Waals surface area contributed by atoms with E-state index in [-0.39, 0.29) is 0 Å². The van der Waals surface area contributed by atoms with Crippen molar-refractivity contribution in [2.45, 2.75) is 6.92 Å². The van der Waals surface area contributed by atoms with Gasteiger partial charge in [-0.1, -0.05) is 34.1 Å². The number of anilines is 2. The Bertz CT molecular complexity index is 746. The molecule has 1 aromatic heterocycles. The molecule has 3 nitrogen and oxygen atoms in total. The highest BCUT2D eigenvalue weighted by Gasteiger charge is 2.08. The van der Waals surface area contributed by atoms with Gasteiger partial charge in [0.05, 0.1) is 11.0 Å². The minimum absolute atomic E-state index is 0.849. The van der Waals surface area contributed by atoms with Gasteiger partial charge in [0.1, 0.15) is 0 Å². The van der Waals surface area contributed by atoms with Crippen LogP contribution in [0.5, 0.6) is 0 Å². The zero-order valence-electron chi connectivity index (χ0n) is 10.8. The van der Waals surface area contributed by atoms with Crippen LogP contribution in [0.1, 0.15) is 5.56 Å². The third-order valence-electron chi connectivity index (χ3n) is 3.23. The lowest BCUT2D eigenvalue weighted by atomic mass is 10.2. The minimum atomic E-state index is 0.849. The van der Waals surface area contributed by atoms with Gasteiger partial charge in [-0.05, 0) is 36.8 Å². The molecule has 0 saturated heterocycles. The number of para-hydroxylation sites is 2. The van der Waals surface area contributed by atoms with Crippen LogP contribution in [0.3, 0.4) is 0 Å². The second-order valence-electron chi connectivity index (χ2n) is 4.57. The van der Waals surface area contributed by atoms with Crippen molar-refractivity contribution in [2.24, 2.45) is 7.05 Å². The van der Waals surface area contributed by atoms with E-state index in [4.69, 9.17) is 0 Å². The van der Waals surface area contributed by atoms with Crippen LogP contribution in [0.2, 0.25) is 0 Å². The van der Waals surface area contributed by atoms with Gasteiger partial charge in [0.2, 0.25) is 5.95 Å². The average Bonchev–Trinajstić information content (AvgIpc) is 2.72. The molecule has 0 aliphatic rings. The molecule has 2 aromatic carbocycles. The molecule has 0 fully saturated rings. The first-order valence-corrected chi connectivity index (χ1v) is 6.89. The third kappa shape index (κ3) is 2.24. The Morgan fingerprint density at radius 3 is 2.74 bits per heavy atom. The van der Waals surface area contributed by atoms with Crippen LogP contribution in [0.15, 0.2) is 46.9 Å². The first-order valence-electron chi connectivity index (χ1n) is 6.10. The molecule has 1 heterocycles. The van der Waals surface area contributed by atoms with Crippen molar-refractivity contribution in [3.8, 4) is 0 Å². The van der Waals surface area contributed by atoms with Crippen molar-refractivity contribution >= 4 is 38.6 Å². The number of aromatic nitrogens is 2. The monoisotopic (exact) mass is 315 g/mol. The average molecular weight is 316 g/mol. The second kappa shape index (κ2) is 4.70. The van der Waals surface area contributed by atoms with E-state index < -0.39 is 0 Å². The van der Waals surface area contributed by atoms with Gasteiger partial charge in [0, 0.05) is 17.2 Å². The van der Waals surface area contributed by atoms with Crippen molar-refractivity contribution in [1.82, 2.24) is 9.55 Å². The molecule has 4 heteroatoms. The SMILES string of the molecule is Cc1ccc(Br)cc1Nc1nc2ccccc2n1C. The molecular formula is C15H14BrN3. The highest BCUT2D eigenvalue weighted by molar-refractivity contribution is 9.10. The van der Waals surface area contributed by atoms with Crippen molar-refractivity contribution in [1.29, 1.82) is 0 Å². The quantitative estimate of drug-likeness (QED) is 0.760. The Kier molecular flexibility index (Phi) is 3.03. The number of aryl methyl sites for hydroxylation is 2. The largest absolute Gasteiger partial charge is 0.325 e. The molecule has 0 radical (unpaired) electrons. The number of fused-ring (bicyclic) bond motifs is 1. The fourth-order valence-corrected chi connectivity index (χ4v) is 2.47. The molecule has 0 atom stereocenters. The van der Waals surface area contributed by atoms with Gasteiger partial charge in [-0.15, -0.1) is 0 Å². The van der Waals surface area contributed by atoms with Gasteiger partial charge in [0.15, 0.2) is 0 Å². The van der Waals surface area contributed by atoms with Crippen LogP contribution in [-0.2, 0) is 7.05 Å². The number of hydrogen-bond donors (Lipinski definition) is 1. The molecule has 0 aliphatic heterocycles. The maximum atomic E-state index is 4.61. The van der Waals surface area contributed by atoms with Gasteiger partial charge >= 0.3 is 0 Å². The van der Waals surface area contributed by atoms with Gasteiger partial charge in [-0.25, -0.2) is 4.98 Å². The number of halogens is 1. The maximum Gasteiger partial charge on any atom is 0.208 e. The molecule has 0 unspecified atom stereocenters. The summed E-state index contributed by atoms with van der Waals surface area (Å²) in [6.07, 6.45) is 0. The highest BCUT2D eigenvalue weighted by atomic mass is 79.9. The van der Waals surface area contributed by atoms with Crippen LogP contribution in [0.4, 0.5) is 11.6 Å². The summed E-state index contributed by atoms with van der Waals surface area (Å²) in [5, 5.41) is 3.39. The van der Waals surface area contributed by atoms with Crippen LogP contribution in [0, 0.1) is 6.92 Å². The maximum absolute atomic E-state index is 4.61. The van der Waals surface area contributed by atoms with Crippen molar-refractivity contribution in [3.63, 3.8) is 0 Å². The summed E-state index contributed by atoms with van der Waals surface area (Å²) in [6, 6.07) is 14.3. The van der Waals surface area contributed by atoms with Crippen LogP contribution in [0.25, 0.3) is 11.0 Å². The predicted molar refractivity (Wildman–Crippen MR) is 82.9 cm³/mol. The number of benzene rings is 2. The molecule has 3 rings (SSSR count). The van der Waals surface area contributed by atoms with E-state index in [1.54, 1.807) is 0 Å². The number of imidazole rings is 1. The van der Waals surface area contributed by atoms with Crippen LogP contribution >= 0.6 is 15.9 Å². The molecule has 0 bridgehead atoms. The van der Waals surface area contributed by atoms with E-state index in [1.165, 1.54) is 5.56 Å². The Morgan fingerprint density at radius 2 is 1.95 bits per heavy atom. The summed E-state index contributed by atoms with van der Waals surface area (Å²) in [5.74, 6) is 0.849. The molecule has 19 heavy (non-hydrogen) atoms. The third-order valence-corrected chi connectivity index (χ3v) is 3.73. The Hall–Kier alpha value is -1.81. The molecule has 0 amide bonds. The Balaban J connectivity index is 2.06. The van der Waals surface area contributed by atoms with Gasteiger partial charge in [0.25, 0.3) is 0 Å². The second-order valence-corrected chi connectivity index (χ2v) is 5.48. The normalized spacial score (nSPS) is 10.9. The number of rotatable bonds is 2. The van der Waals surface area contributed by atoms with Crippen LogP contribution in [-0.4, -0.2) is 9.55 Å². The first-order chi connectivity index (χ1) is 9.15. The minimum Gasteiger partial charge on any atom is -0.325 e. The van der Waals surface area contributed by atoms with Crippen LogP contribution < -0.4 is 5.32 Å². The fraction of sp³-hybridized carbons (Fsp3) is 0.133. The molecule has 96 valence electrons. The summed E-state index contributed by atoms with van der Waals surface area (Å²) < 4.78 is 3.12. The lowest BCUT2D eigenvalue weighted by molar-refractivity contribution is 0.957. The molecule has 0 aliphatic carbocycles. The highest BCUT2D eigenvalue weighted by Crippen LogP contribution is 2.25. The zero-order valence-corrected chi connectivity index (χ0v) is 12.4. The molecule has 0 saturated carbocycles. The summed E-state index contributed by atoms with van der Waals surface area (Å²) in [5.41, 5.74) is 4.38. The molecule has 0 spiro atoms. The van der Waals surface area contributed by atoms with Crippen molar-refractivity contribution in [3.05, 3.63) is 52.5 Å². The smallest absolute Gasteiger partial charge is 0.208 e.